The number of aliphatic hydroxyl groups excluding tert-OH is 1. The predicted octanol–water partition coefficient (Wildman–Crippen LogP) is 4.43. The zero-order chi connectivity index (χ0) is 28.8. The lowest BCUT2D eigenvalue weighted by Gasteiger charge is -2.21. The second-order valence-corrected chi connectivity index (χ2v) is 10.9. The van der Waals surface area contributed by atoms with Crippen molar-refractivity contribution in [2.75, 3.05) is 13.2 Å². The van der Waals surface area contributed by atoms with Crippen molar-refractivity contribution in [3.05, 3.63) is 12.2 Å². The molecule has 0 aromatic carbocycles. The van der Waals surface area contributed by atoms with Gasteiger partial charge in [0.25, 0.3) is 0 Å². The van der Waals surface area contributed by atoms with E-state index in [2.05, 4.69) is 28.1 Å². The van der Waals surface area contributed by atoms with Crippen LogP contribution in [0.5, 0.6) is 0 Å². The number of rotatable bonds is 25. The summed E-state index contributed by atoms with van der Waals surface area (Å²) in [5.41, 5.74) is 5.28. The van der Waals surface area contributed by atoms with Gasteiger partial charge in [-0.25, -0.2) is 9.36 Å². The molecule has 0 aliphatic heterocycles. The predicted molar refractivity (Wildman–Crippen MR) is 143 cm³/mol. The number of ketones is 1. The Hall–Kier alpha value is -1.62. The summed E-state index contributed by atoms with van der Waals surface area (Å²) in [7, 11) is -4.72. The minimum Gasteiger partial charge on any atom is -0.480 e. The Labute approximate surface area is 226 Å². The van der Waals surface area contributed by atoms with E-state index in [0.717, 1.165) is 38.5 Å². The fourth-order valence-corrected chi connectivity index (χ4v) is 4.42. The number of Topliss-reactive ketones (excluding diaryl/α,β-unsaturated/α-hetero) is 1. The fourth-order valence-electron chi connectivity index (χ4n) is 3.45. The average Bonchev–Trinajstić information content (AvgIpc) is 2.87. The molecule has 0 heterocycles. The normalized spacial score (nSPS) is 15.6. The summed E-state index contributed by atoms with van der Waals surface area (Å²) in [6.45, 7) is 2.02. The van der Waals surface area contributed by atoms with Crippen LogP contribution in [0.2, 0.25) is 0 Å². The summed E-state index contributed by atoms with van der Waals surface area (Å²) in [6, 6.07) is -1.56. The molecule has 0 radical (unpaired) electrons. The highest BCUT2D eigenvalue weighted by atomic mass is 31.2. The number of carbonyl (C=O) groups is 3. The number of hydrogen-bond acceptors (Lipinski definition) is 9. The molecule has 5 N–H and O–H groups in total. The molecule has 1 unspecified atom stereocenters. The van der Waals surface area contributed by atoms with Gasteiger partial charge in [0.05, 0.1) is 12.7 Å². The van der Waals surface area contributed by atoms with Gasteiger partial charge < -0.3 is 25.6 Å². The maximum absolute atomic E-state index is 11.9. The van der Waals surface area contributed by atoms with Crippen molar-refractivity contribution in [1.82, 2.24) is 0 Å². The molecule has 12 heteroatoms. The first-order valence-electron chi connectivity index (χ1n) is 13.7. The quantitative estimate of drug-likeness (QED) is 0.0404. The van der Waals surface area contributed by atoms with Gasteiger partial charge in [0.15, 0.2) is 0 Å². The molecular formula is C26H48NO10P. The second-order valence-electron chi connectivity index (χ2n) is 9.45. The van der Waals surface area contributed by atoms with Crippen molar-refractivity contribution in [2.45, 2.75) is 122 Å². The van der Waals surface area contributed by atoms with Gasteiger partial charge in [0.1, 0.15) is 18.8 Å². The zero-order valence-electron chi connectivity index (χ0n) is 22.9. The monoisotopic (exact) mass is 565 g/mol. The number of aliphatic hydroxyl groups is 1. The maximum Gasteiger partial charge on any atom is 0.472 e. The number of esters is 1. The molecule has 0 saturated heterocycles. The zero-order valence-corrected chi connectivity index (χ0v) is 23.8. The molecule has 4 atom stereocenters. The van der Waals surface area contributed by atoms with Crippen molar-refractivity contribution >= 4 is 25.5 Å². The number of carbonyl (C=O) groups excluding carboxylic acids is 2. The van der Waals surface area contributed by atoms with Gasteiger partial charge in [-0.1, -0.05) is 70.4 Å². The number of hydrogen-bond donors (Lipinski definition) is 4. The van der Waals surface area contributed by atoms with Crippen LogP contribution in [-0.2, 0) is 32.7 Å². The van der Waals surface area contributed by atoms with E-state index in [1.165, 1.54) is 45.4 Å². The minimum absolute atomic E-state index is 0.0466. The first kappa shape index (κ1) is 36.4. The molecule has 0 aliphatic carbocycles. The lowest BCUT2D eigenvalue weighted by molar-refractivity contribution is -0.156. The highest BCUT2D eigenvalue weighted by Gasteiger charge is 2.31. The molecule has 0 bridgehead atoms. The lowest BCUT2D eigenvalue weighted by Crippen LogP contribution is -2.41. The van der Waals surface area contributed by atoms with E-state index in [-0.39, 0.29) is 6.42 Å². The highest BCUT2D eigenvalue weighted by Crippen LogP contribution is 2.44. The SMILES string of the molecule is CCCCCCCC/C=C/CCCCCCCC(=O)C(=O)OC[C@@H](O)COP(=O)(O)O[C@@H](C)[C@H](N)C(=O)O. The van der Waals surface area contributed by atoms with E-state index in [1.54, 1.807) is 0 Å². The van der Waals surface area contributed by atoms with Crippen molar-refractivity contribution in [2.24, 2.45) is 5.73 Å². The van der Waals surface area contributed by atoms with E-state index in [1.807, 2.05) is 0 Å². The first-order chi connectivity index (χ1) is 18.0. The smallest absolute Gasteiger partial charge is 0.472 e. The maximum atomic E-state index is 11.9. The number of nitrogens with two attached hydrogens (primary N) is 1. The van der Waals surface area contributed by atoms with Crippen molar-refractivity contribution in [1.29, 1.82) is 0 Å². The van der Waals surface area contributed by atoms with E-state index in [9.17, 15) is 28.9 Å². The van der Waals surface area contributed by atoms with Crippen molar-refractivity contribution in [3.63, 3.8) is 0 Å². The molecular weight excluding hydrogens is 517 g/mol. The van der Waals surface area contributed by atoms with Gasteiger partial charge in [-0.05, 0) is 39.0 Å². The third-order valence-corrected chi connectivity index (χ3v) is 6.89. The molecule has 0 spiro atoms. The largest absolute Gasteiger partial charge is 0.480 e. The Morgan fingerprint density at radius 2 is 1.42 bits per heavy atom. The molecule has 0 amide bonds. The second kappa shape index (κ2) is 22.2. The van der Waals surface area contributed by atoms with Crippen LogP contribution in [0.15, 0.2) is 12.2 Å². The van der Waals surface area contributed by atoms with Crippen LogP contribution in [0.1, 0.15) is 104 Å². The first-order valence-corrected chi connectivity index (χ1v) is 15.2. The van der Waals surface area contributed by atoms with Crippen LogP contribution in [0.4, 0.5) is 0 Å². The summed E-state index contributed by atoms with van der Waals surface area (Å²) >= 11 is 0. The van der Waals surface area contributed by atoms with Crippen molar-refractivity contribution < 1.29 is 47.8 Å². The van der Waals surface area contributed by atoms with Crippen LogP contribution in [-0.4, -0.2) is 64.3 Å². The van der Waals surface area contributed by atoms with E-state index >= 15 is 0 Å². The summed E-state index contributed by atoms with van der Waals surface area (Å²) in [4.78, 5) is 44.0. The lowest BCUT2D eigenvalue weighted by atomic mass is 10.1. The number of phosphoric acid groups is 1. The molecule has 38 heavy (non-hydrogen) atoms. The van der Waals surface area contributed by atoms with E-state index < -0.39 is 57.0 Å². The van der Waals surface area contributed by atoms with Gasteiger partial charge in [0.2, 0.25) is 5.78 Å². The molecule has 0 aromatic rings. The van der Waals surface area contributed by atoms with Gasteiger partial charge in [-0.15, -0.1) is 0 Å². The Balaban J connectivity index is 3.83. The number of unbranched alkanes of at least 4 members (excludes halogenated alkanes) is 11. The third-order valence-electron chi connectivity index (χ3n) is 5.82. The standard InChI is InChI=1S/C26H48NO10P/c1-3-4-5-6-7-8-9-10-11-12-13-14-15-16-17-18-23(29)26(32)35-19-22(28)20-36-38(33,34)37-21(2)24(27)25(30)31/h10-11,21-22,24,28H,3-9,12-20,27H2,1-2H3,(H,30,31)(H,33,34)/b11-10+/t21-,22+,24-/m0/s1. The van der Waals surface area contributed by atoms with Crippen LogP contribution < -0.4 is 5.73 Å². The third kappa shape index (κ3) is 20.4. The highest BCUT2D eigenvalue weighted by molar-refractivity contribution is 7.47. The number of ether oxygens (including phenoxy) is 1. The number of aliphatic carboxylic acids is 1. The van der Waals surface area contributed by atoms with Gasteiger partial charge in [-0.2, -0.15) is 0 Å². The number of carboxylic acid groups (broad SMARTS) is 1. The van der Waals surface area contributed by atoms with Gasteiger partial charge in [0, 0.05) is 6.42 Å². The Morgan fingerprint density at radius 3 is 1.97 bits per heavy atom. The molecule has 0 fully saturated rings. The Kier molecular flexibility index (Phi) is 21.3. The summed E-state index contributed by atoms with van der Waals surface area (Å²) in [5, 5.41) is 18.5. The topological polar surface area (TPSA) is 183 Å². The minimum atomic E-state index is -4.72. The average molecular weight is 566 g/mol. The summed E-state index contributed by atoms with van der Waals surface area (Å²) < 4.78 is 25.7. The fraction of sp³-hybridized carbons (Fsp3) is 0.808. The van der Waals surface area contributed by atoms with Crippen molar-refractivity contribution in [3.8, 4) is 0 Å². The number of allylic oxidation sites excluding steroid dienone is 2. The molecule has 0 saturated carbocycles. The Morgan fingerprint density at radius 1 is 0.895 bits per heavy atom. The molecule has 222 valence electrons. The van der Waals surface area contributed by atoms with Gasteiger partial charge >= 0.3 is 19.8 Å². The van der Waals surface area contributed by atoms with Crippen LogP contribution in [0, 0.1) is 0 Å². The number of carboxylic acids is 1. The van der Waals surface area contributed by atoms with Gasteiger partial charge in [-0.3, -0.25) is 18.6 Å². The Bertz CT molecular complexity index is 746. The number of phosphoric ester groups is 1. The molecule has 0 aliphatic rings. The molecule has 0 rings (SSSR count). The van der Waals surface area contributed by atoms with Crippen LogP contribution in [0.25, 0.3) is 0 Å². The summed E-state index contributed by atoms with van der Waals surface area (Å²) in [5.74, 6) is -3.23. The van der Waals surface area contributed by atoms with Crippen LogP contribution in [0.3, 0.4) is 0 Å². The molecule has 0 aromatic heterocycles. The van der Waals surface area contributed by atoms with Crippen LogP contribution >= 0.6 is 7.82 Å². The van der Waals surface area contributed by atoms with E-state index in [4.69, 9.17) is 15.6 Å². The van der Waals surface area contributed by atoms with E-state index in [0.29, 0.717) is 6.42 Å². The molecule has 11 nitrogen and oxygen atoms in total. The summed E-state index contributed by atoms with van der Waals surface area (Å²) in [6.07, 6.45) is 16.3.